The van der Waals surface area contributed by atoms with Crippen molar-refractivity contribution in [3.8, 4) is 0 Å². The number of hydrogen-bond donors (Lipinski definition) is 3. The maximum absolute atomic E-state index is 11.3. The summed E-state index contributed by atoms with van der Waals surface area (Å²) in [6.07, 6.45) is -0.645. The molecule has 0 saturated carbocycles. The number of carboxylic acid groups (broad SMARTS) is 1. The van der Waals surface area contributed by atoms with Crippen LogP contribution in [0.1, 0.15) is 20.8 Å². The Morgan fingerprint density at radius 3 is 2.25 bits per heavy atom. The van der Waals surface area contributed by atoms with Gasteiger partial charge in [0.2, 0.25) is 5.91 Å². The molecular weight excluding hydrogens is 214 g/mol. The standard InChI is InChI=1S/C10H19NO5/c1-6(2)9(10(14)15)11-8(13)5-16-4-7(3)12/h6-7,9,12H,4-5H2,1-3H3,(H,11,13)(H,14,15)/t7?,9-/m0/s1. The number of ether oxygens (including phenoxy) is 1. The summed E-state index contributed by atoms with van der Waals surface area (Å²) in [7, 11) is 0. The number of aliphatic carboxylic acids is 1. The molecule has 6 nitrogen and oxygen atoms in total. The first-order chi connectivity index (χ1) is 7.34. The van der Waals surface area contributed by atoms with Crippen molar-refractivity contribution in [1.29, 1.82) is 0 Å². The molecule has 0 rings (SSSR count). The summed E-state index contributed by atoms with van der Waals surface area (Å²) >= 11 is 0. The van der Waals surface area contributed by atoms with Gasteiger partial charge in [0.25, 0.3) is 0 Å². The molecule has 0 heterocycles. The minimum atomic E-state index is -1.07. The Bertz CT molecular complexity index is 239. The Hall–Kier alpha value is -1.14. The minimum Gasteiger partial charge on any atom is -0.480 e. The van der Waals surface area contributed by atoms with Crippen LogP contribution in [0, 0.1) is 5.92 Å². The van der Waals surface area contributed by atoms with Crippen LogP contribution in [0.3, 0.4) is 0 Å². The normalized spacial score (nSPS) is 14.6. The Morgan fingerprint density at radius 2 is 1.88 bits per heavy atom. The number of carboxylic acids is 1. The highest BCUT2D eigenvalue weighted by Gasteiger charge is 2.23. The SMILES string of the molecule is CC(O)COCC(=O)N[C@H](C(=O)O)C(C)C. The van der Waals surface area contributed by atoms with Crippen LogP contribution in [0.5, 0.6) is 0 Å². The summed E-state index contributed by atoms with van der Waals surface area (Å²) in [5, 5.41) is 20.0. The highest BCUT2D eigenvalue weighted by molar-refractivity contribution is 5.84. The second kappa shape index (κ2) is 7.19. The summed E-state index contributed by atoms with van der Waals surface area (Å²) in [5.41, 5.74) is 0. The molecule has 3 N–H and O–H groups in total. The van der Waals surface area contributed by atoms with Gasteiger partial charge in [-0.15, -0.1) is 0 Å². The van der Waals surface area contributed by atoms with E-state index in [9.17, 15) is 9.59 Å². The number of hydrogen-bond acceptors (Lipinski definition) is 4. The highest BCUT2D eigenvalue weighted by atomic mass is 16.5. The Kier molecular flexibility index (Phi) is 6.67. The molecule has 1 amide bonds. The predicted octanol–water partition coefficient (Wildman–Crippen LogP) is -0.391. The quantitative estimate of drug-likeness (QED) is 0.556. The van der Waals surface area contributed by atoms with Gasteiger partial charge in [-0.3, -0.25) is 4.79 Å². The van der Waals surface area contributed by atoms with E-state index in [1.165, 1.54) is 6.92 Å². The molecule has 6 heteroatoms. The zero-order chi connectivity index (χ0) is 12.7. The lowest BCUT2D eigenvalue weighted by Crippen LogP contribution is -2.45. The summed E-state index contributed by atoms with van der Waals surface area (Å²) in [6, 6.07) is -0.914. The summed E-state index contributed by atoms with van der Waals surface area (Å²) < 4.78 is 4.86. The van der Waals surface area contributed by atoms with Gasteiger partial charge in [-0.2, -0.15) is 0 Å². The lowest BCUT2D eigenvalue weighted by atomic mass is 10.1. The van der Waals surface area contributed by atoms with Gasteiger partial charge >= 0.3 is 5.97 Å². The minimum absolute atomic E-state index is 0.0484. The molecule has 0 bridgehead atoms. The van der Waals surface area contributed by atoms with Gasteiger partial charge in [0.05, 0.1) is 12.7 Å². The third-order valence-electron chi connectivity index (χ3n) is 1.84. The number of aliphatic hydroxyl groups excluding tert-OH is 1. The van der Waals surface area contributed by atoms with Gasteiger partial charge in [0.1, 0.15) is 12.6 Å². The smallest absolute Gasteiger partial charge is 0.326 e. The van der Waals surface area contributed by atoms with E-state index in [1.807, 2.05) is 0 Å². The number of aliphatic hydroxyl groups is 1. The van der Waals surface area contributed by atoms with Crippen molar-refractivity contribution in [2.45, 2.75) is 32.9 Å². The molecule has 0 spiro atoms. The zero-order valence-corrected chi connectivity index (χ0v) is 9.77. The molecule has 0 fully saturated rings. The predicted molar refractivity (Wildman–Crippen MR) is 56.9 cm³/mol. The molecule has 0 aromatic carbocycles. The van der Waals surface area contributed by atoms with Gasteiger partial charge in [0.15, 0.2) is 0 Å². The van der Waals surface area contributed by atoms with Crippen LogP contribution < -0.4 is 5.32 Å². The first kappa shape index (κ1) is 14.9. The van der Waals surface area contributed by atoms with Crippen LogP contribution >= 0.6 is 0 Å². The number of carbonyl (C=O) groups is 2. The van der Waals surface area contributed by atoms with E-state index in [0.29, 0.717) is 0 Å². The highest BCUT2D eigenvalue weighted by Crippen LogP contribution is 2.01. The van der Waals surface area contributed by atoms with Crippen molar-refractivity contribution in [2.24, 2.45) is 5.92 Å². The Labute approximate surface area is 94.6 Å². The van der Waals surface area contributed by atoms with E-state index >= 15 is 0 Å². The molecule has 16 heavy (non-hydrogen) atoms. The van der Waals surface area contributed by atoms with Crippen LogP contribution in [-0.2, 0) is 14.3 Å². The van der Waals surface area contributed by atoms with Crippen molar-refractivity contribution < 1.29 is 24.5 Å². The number of rotatable bonds is 7. The fraction of sp³-hybridized carbons (Fsp3) is 0.800. The molecule has 0 aromatic rings. The number of amides is 1. The molecule has 0 aromatic heterocycles. The molecule has 2 atom stereocenters. The van der Waals surface area contributed by atoms with E-state index in [1.54, 1.807) is 13.8 Å². The second-order valence-corrected chi connectivity index (χ2v) is 3.99. The summed E-state index contributed by atoms with van der Waals surface area (Å²) in [6.45, 7) is 4.74. The molecule has 1 unspecified atom stereocenters. The van der Waals surface area contributed by atoms with E-state index < -0.39 is 24.0 Å². The molecule has 94 valence electrons. The van der Waals surface area contributed by atoms with Crippen molar-refractivity contribution in [3.63, 3.8) is 0 Å². The van der Waals surface area contributed by atoms with E-state index in [4.69, 9.17) is 14.9 Å². The van der Waals surface area contributed by atoms with E-state index in [2.05, 4.69) is 5.32 Å². The van der Waals surface area contributed by atoms with Gasteiger partial charge < -0.3 is 20.3 Å². The maximum Gasteiger partial charge on any atom is 0.326 e. The van der Waals surface area contributed by atoms with E-state index in [0.717, 1.165) is 0 Å². The molecule has 0 saturated heterocycles. The fourth-order valence-corrected chi connectivity index (χ4v) is 1.05. The van der Waals surface area contributed by atoms with Crippen LogP contribution in [0.25, 0.3) is 0 Å². The van der Waals surface area contributed by atoms with Crippen molar-refractivity contribution >= 4 is 11.9 Å². The first-order valence-electron chi connectivity index (χ1n) is 5.12. The van der Waals surface area contributed by atoms with Gasteiger partial charge in [-0.1, -0.05) is 13.8 Å². The van der Waals surface area contributed by atoms with Crippen molar-refractivity contribution in [1.82, 2.24) is 5.32 Å². The zero-order valence-electron chi connectivity index (χ0n) is 9.77. The lowest BCUT2D eigenvalue weighted by Gasteiger charge is -2.17. The average molecular weight is 233 g/mol. The Morgan fingerprint density at radius 1 is 1.31 bits per heavy atom. The third-order valence-corrected chi connectivity index (χ3v) is 1.84. The maximum atomic E-state index is 11.3. The van der Waals surface area contributed by atoms with Crippen molar-refractivity contribution in [3.05, 3.63) is 0 Å². The summed E-state index contributed by atoms with van der Waals surface area (Å²) in [4.78, 5) is 22.0. The monoisotopic (exact) mass is 233 g/mol. The molecular formula is C10H19NO5. The van der Waals surface area contributed by atoms with Crippen LogP contribution in [0.15, 0.2) is 0 Å². The largest absolute Gasteiger partial charge is 0.480 e. The van der Waals surface area contributed by atoms with Gasteiger partial charge in [-0.25, -0.2) is 4.79 Å². The van der Waals surface area contributed by atoms with Gasteiger partial charge in [-0.05, 0) is 12.8 Å². The molecule has 0 radical (unpaired) electrons. The Balaban J connectivity index is 3.97. The average Bonchev–Trinajstić information content (AvgIpc) is 2.12. The molecule has 0 aliphatic carbocycles. The lowest BCUT2D eigenvalue weighted by molar-refractivity contribution is -0.144. The molecule has 0 aliphatic heterocycles. The topological polar surface area (TPSA) is 95.9 Å². The fourth-order valence-electron chi connectivity index (χ4n) is 1.05. The number of nitrogens with one attached hydrogen (secondary N) is 1. The van der Waals surface area contributed by atoms with E-state index in [-0.39, 0.29) is 19.1 Å². The third kappa shape index (κ3) is 6.36. The van der Waals surface area contributed by atoms with Crippen molar-refractivity contribution in [2.75, 3.05) is 13.2 Å². The first-order valence-corrected chi connectivity index (χ1v) is 5.12. The number of carbonyl (C=O) groups excluding carboxylic acids is 1. The summed E-state index contributed by atoms with van der Waals surface area (Å²) in [5.74, 6) is -1.76. The van der Waals surface area contributed by atoms with Crippen LogP contribution in [-0.4, -0.2) is 47.4 Å². The molecule has 0 aliphatic rings. The van der Waals surface area contributed by atoms with Crippen LogP contribution in [0.4, 0.5) is 0 Å². The van der Waals surface area contributed by atoms with Gasteiger partial charge in [0, 0.05) is 0 Å². The second-order valence-electron chi connectivity index (χ2n) is 3.99. The van der Waals surface area contributed by atoms with Crippen LogP contribution in [0.2, 0.25) is 0 Å².